The molecule has 0 heterocycles. The number of carboxylic acid groups (broad SMARTS) is 1. The fourth-order valence-electron chi connectivity index (χ4n) is 7.24. The first-order valence-electron chi connectivity index (χ1n) is 12.8. The zero-order valence-electron chi connectivity index (χ0n) is 19.3. The lowest BCUT2D eigenvalue weighted by atomic mass is 9.60. The number of rotatable bonds is 4. The molecule has 0 radical (unpaired) electrons. The Balaban J connectivity index is 2.02. The molecule has 2 unspecified atom stereocenters. The number of hydrogen-bond acceptors (Lipinski definition) is 5. The van der Waals surface area contributed by atoms with E-state index in [1.807, 2.05) is 0 Å². The van der Waals surface area contributed by atoms with Crippen molar-refractivity contribution in [3.05, 3.63) is 11.1 Å². The molecule has 0 aliphatic heterocycles. The molecule has 8 heteroatoms. The quantitative estimate of drug-likeness (QED) is 0.576. The van der Waals surface area contributed by atoms with E-state index in [2.05, 4.69) is 0 Å². The summed E-state index contributed by atoms with van der Waals surface area (Å²) in [6.45, 7) is 0. The summed E-state index contributed by atoms with van der Waals surface area (Å²) in [4.78, 5) is 13.0. The van der Waals surface area contributed by atoms with E-state index < -0.39 is 38.4 Å². The maximum Gasteiger partial charge on any atom is 0.332 e. The van der Waals surface area contributed by atoms with Crippen LogP contribution >= 0.6 is 0 Å². The van der Waals surface area contributed by atoms with Gasteiger partial charge in [0.2, 0.25) is 20.6 Å². The van der Waals surface area contributed by atoms with Gasteiger partial charge in [0.25, 0.3) is 0 Å². The zero-order chi connectivity index (χ0) is 23.5. The summed E-state index contributed by atoms with van der Waals surface area (Å²) in [6, 6.07) is 0. The Kier molecular flexibility index (Phi) is 8.15. The van der Waals surface area contributed by atoms with Crippen molar-refractivity contribution in [1.82, 2.24) is 0 Å². The molecule has 33 heavy (non-hydrogen) atoms. The smallest absolute Gasteiger partial charge is 0.332 e. The van der Waals surface area contributed by atoms with Crippen molar-refractivity contribution < 1.29 is 26.7 Å². The Labute approximate surface area is 199 Å². The number of carbonyl (C=O) groups is 1. The maximum absolute atomic E-state index is 12.8. The van der Waals surface area contributed by atoms with Gasteiger partial charge < -0.3 is 5.11 Å². The molecule has 0 bridgehead atoms. The van der Waals surface area contributed by atoms with Gasteiger partial charge in [-0.25, -0.2) is 4.79 Å². The molecule has 4 rings (SSSR count). The minimum absolute atomic E-state index is 0.0518. The van der Waals surface area contributed by atoms with Crippen molar-refractivity contribution in [3.8, 4) is 0 Å². The summed E-state index contributed by atoms with van der Waals surface area (Å²) < 4.78 is 51.2. The predicted molar refractivity (Wildman–Crippen MR) is 129 cm³/mol. The molecule has 0 aromatic carbocycles. The first kappa shape index (κ1) is 24.7. The lowest BCUT2D eigenvalue weighted by molar-refractivity contribution is -0.133. The van der Waals surface area contributed by atoms with Crippen LogP contribution in [0.15, 0.2) is 11.1 Å². The lowest BCUT2D eigenvalue weighted by Crippen LogP contribution is -2.48. The minimum atomic E-state index is -2.66. The largest absolute Gasteiger partial charge is 0.478 e. The number of hydrogen-bond donors (Lipinski definition) is 1. The number of carboxylic acids is 1. The SMILES string of the molecule is O=C(O)C1=C(C2CCCCC2)C(=S(=O)=O)C(C2CCCCC2)C(=S(=O)=O)C1C1CCCCC1. The fraction of sp³-hybridized carbons (Fsp3) is 0.800. The zero-order valence-corrected chi connectivity index (χ0v) is 20.9. The molecule has 4 aliphatic carbocycles. The van der Waals surface area contributed by atoms with Gasteiger partial charge in [-0.05, 0) is 61.9 Å². The van der Waals surface area contributed by atoms with Crippen molar-refractivity contribution in [1.29, 1.82) is 0 Å². The van der Waals surface area contributed by atoms with Crippen molar-refractivity contribution in [2.45, 2.75) is 96.3 Å². The van der Waals surface area contributed by atoms with Crippen LogP contribution in [0.3, 0.4) is 0 Å². The Morgan fingerprint density at radius 2 is 1.09 bits per heavy atom. The Hall–Kier alpha value is -1.41. The molecular weight excluding hydrogens is 460 g/mol. The average Bonchev–Trinajstić information content (AvgIpc) is 2.83. The van der Waals surface area contributed by atoms with Crippen LogP contribution in [0.4, 0.5) is 0 Å². The fourth-order valence-corrected chi connectivity index (χ4v) is 9.34. The third-order valence-corrected chi connectivity index (χ3v) is 10.3. The van der Waals surface area contributed by atoms with Crippen LogP contribution in [0, 0.1) is 29.6 Å². The van der Waals surface area contributed by atoms with Crippen LogP contribution in [0.2, 0.25) is 0 Å². The average molecular weight is 497 g/mol. The van der Waals surface area contributed by atoms with Gasteiger partial charge in [0.15, 0.2) is 0 Å². The van der Waals surface area contributed by atoms with Gasteiger partial charge in [-0.2, -0.15) is 16.8 Å². The second kappa shape index (κ2) is 10.9. The summed E-state index contributed by atoms with van der Waals surface area (Å²) in [5, 5.41) is 10.4. The third-order valence-electron chi connectivity index (χ3n) is 8.62. The van der Waals surface area contributed by atoms with Gasteiger partial charge in [-0.15, -0.1) is 0 Å². The summed E-state index contributed by atoms with van der Waals surface area (Å²) in [7, 11) is -5.29. The summed E-state index contributed by atoms with van der Waals surface area (Å²) in [5.41, 5.74) is 0.565. The molecule has 3 fully saturated rings. The predicted octanol–water partition coefficient (Wildman–Crippen LogP) is 4.46. The number of allylic oxidation sites excluding steroid dienone is 1. The summed E-state index contributed by atoms with van der Waals surface area (Å²) >= 11 is 0. The molecule has 0 spiro atoms. The van der Waals surface area contributed by atoms with Gasteiger partial charge in [0, 0.05) is 11.8 Å². The highest BCUT2D eigenvalue weighted by Gasteiger charge is 2.50. The van der Waals surface area contributed by atoms with Crippen LogP contribution < -0.4 is 0 Å². The second-order valence-electron chi connectivity index (χ2n) is 10.5. The second-order valence-corrected chi connectivity index (χ2v) is 12.3. The van der Waals surface area contributed by atoms with E-state index >= 15 is 0 Å². The molecule has 3 saturated carbocycles. The van der Waals surface area contributed by atoms with E-state index in [1.54, 1.807) is 0 Å². The van der Waals surface area contributed by atoms with Crippen LogP contribution in [0.5, 0.6) is 0 Å². The Morgan fingerprint density at radius 3 is 1.52 bits per heavy atom. The van der Waals surface area contributed by atoms with Gasteiger partial charge in [0.05, 0.1) is 15.3 Å². The molecular formula is C25H36O6S2. The lowest BCUT2D eigenvalue weighted by Gasteiger charge is -2.43. The van der Waals surface area contributed by atoms with Gasteiger partial charge in [0.1, 0.15) is 0 Å². The van der Waals surface area contributed by atoms with Crippen LogP contribution in [0.25, 0.3) is 0 Å². The van der Waals surface area contributed by atoms with Crippen LogP contribution in [0.1, 0.15) is 96.3 Å². The van der Waals surface area contributed by atoms with E-state index in [-0.39, 0.29) is 33.1 Å². The molecule has 0 amide bonds. The first-order valence-corrected chi connectivity index (χ1v) is 15.0. The van der Waals surface area contributed by atoms with Gasteiger partial charge in [-0.3, -0.25) is 0 Å². The molecule has 0 saturated heterocycles. The summed E-state index contributed by atoms with van der Waals surface area (Å²) in [6.07, 6.45) is 13.7. The monoisotopic (exact) mass is 496 g/mol. The molecule has 1 N–H and O–H groups in total. The molecule has 2 atom stereocenters. The topological polar surface area (TPSA) is 106 Å². The van der Waals surface area contributed by atoms with E-state index in [0.717, 1.165) is 96.3 Å². The molecule has 6 nitrogen and oxygen atoms in total. The third kappa shape index (κ3) is 5.02. The molecule has 4 aliphatic rings. The molecule has 0 aromatic rings. The summed E-state index contributed by atoms with van der Waals surface area (Å²) in [5.74, 6) is -2.76. The Bertz CT molecular complexity index is 1050. The van der Waals surface area contributed by atoms with E-state index in [4.69, 9.17) is 0 Å². The normalized spacial score (nSPS) is 28.7. The van der Waals surface area contributed by atoms with Crippen molar-refractivity contribution >= 4 is 36.3 Å². The Morgan fingerprint density at radius 1 is 0.636 bits per heavy atom. The van der Waals surface area contributed by atoms with Gasteiger partial charge in [-0.1, -0.05) is 57.8 Å². The number of aliphatic carboxylic acids is 1. The highest BCUT2D eigenvalue weighted by atomic mass is 32.2. The standard InChI is InChI=1S/C25H36O6S2/c26-25(27)22-19(16-10-4-1-5-11-16)23(32(28)29)21(18-14-8-3-9-15-18)24(33(30)31)20(22)17-12-6-2-7-13-17/h16-19,21H,1-15H2,(H,26,27). The van der Waals surface area contributed by atoms with E-state index in [1.165, 1.54) is 0 Å². The highest BCUT2D eigenvalue weighted by molar-refractivity contribution is 7.75. The van der Waals surface area contributed by atoms with E-state index in [0.29, 0.717) is 5.57 Å². The van der Waals surface area contributed by atoms with Crippen molar-refractivity contribution in [2.24, 2.45) is 29.6 Å². The van der Waals surface area contributed by atoms with E-state index in [9.17, 15) is 26.7 Å². The van der Waals surface area contributed by atoms with Crippen molar-refractivity contribution in [2.75, 3.05) is 0 Å². The van der Waals surface area contributed by atoms with Gasteiger partial charge >= 0.3 is 5.97 Å². The molecule has 184 valence electrons. The first-order chi connectivity index (χ1) is 15.9. The van der Waals surface area contributed by atoms with Crippen LogP contribution in [-0.2, 0) is 25.4 Å². The van der Waals surface area contributed by atoms with Crippen molar-refractivity contribution in [3.63, 3.8) is 0 Å². The van der Waals surface area contributed by atoms with Crippen LogP contribution in [-0.4, -0.2) is 37.6 Å². The molecule has 0 aromatic heterocycles. The highest BCUT2D eigenvalue weighted by Crippen LogP contribution is 2.48. The maximum atomic E-state index is 12.8. The minimum Gasteiger partial charge on any atom is -0.478 e.